The van der Waals surface area contributed by atoms with Crippen LogP contribution in [0.5, 0.6) is 0 Å². The van der Waals surface area contributed by atoms with Gasteiger partial charge in [0.15, 0.2) is 0 Å². The zero-order valence-corrected chi connectivity index (χ0v) is 5.54. The highest BCUT2D eigenvalue weighted by Gasteiger charge is 2.05. The van der Waals surface area contributed by atoms with E-state index < -0.39 is 0 Å². The summed E-state index contributed by atoms with van der Waals surface area (Å²) >= 11 is 0. The van der Waals surface area contributed by atoms with E-state index in [1.807, 2.05) is 19.2 Å². The van der Waals surface area contributed by atoms with Crippen LogP contribution in [0, 0.1) is 5.92 Å². The maximum absolute atomic E-state index is 8.69. The third-order valence-corrected chi connectivity index (χ3v) is 1.37. The normalized spacial score (nSPS) is 26.0. The van der Waals surface area contributed by atoms with Crippen LogP contribution in [0.3, 0.4) is 0 Å². The van der Waals surface area contributed by atoms with Crippen LogP contribution in [0.15, 0.2) is 16.6 Å². The average Bonchev–Trinajstić information content (AvgIpc) is 1.88. The Balaban J connectivity index is 2.55. The molecule has 0 spiro atoms. The summed E-state index contributed by atoms with van der Waals surface area (Å²) in [5, 5.41) is 8.69. The summed E-state index contributed by atoms with van der Waals surface area (Å²) in [6, 6.07) is 0. The fraction of sp³-hybridized carbons (Fsp3) is 0.571. The van der Waals surface area contributed by atoms with E-state index in [0.29, 0.717) is 0 Å². The Hall–Kier alpha value is -0.630. The lowest BCUT2D eigenvalue weighted by molar-refractivity contribution is 0.255. The standard InChI is InChI=1S/C7H11NO/c1-6-2-7(5-9)4-8-3-6/h2-3,7,9H,4-5H2,1H3. The molecule has 0 amide bonds. The fourth-order valence-corrected chi connectivity index (χ4v) is 0.910. The monoisotopic (exact) mass is 125 g/mol. The van der Waals surface area contributed by atoms with E-state index in [9.17, 15) is 0 Å². The largest absolute Gasteiger partial charge is 0.396 e. The highest BCUT2D eigenvalue weighted by molar-refractivity contribution is 5.78. The molecule has 2 nitrogen and oxygen atoms in total. The molecule has 0 saturated heterocycles. The Labute approximate surface area is 54.9 Å². The second-order valence-electron chi connectivity index (χ2n) is 2.35. The summed E-state index contributed by atoms with van der Waals surface area (Å²) in [7, 11) is 0. The second-order valence-corrected chi connectivity index (χ2v) is 2.35. The Morgan fingerprint density at radius 1 is 1.89 bits per heavy atom. The van der Waals surface area contributed by atoms with E-state index in [-0.39, 0.29) is 12.5 Å². The summed E-state index contributed by atoms with van der Waals surface area (Å²) in [4.78, 5) is 4.06. The van der Waals surface area contributed by atoms with Gasteiger partial charge in [-0.3, -0.25) is 4.99 Å². The molecular weight excluding hydrogens is 114 g/mol. The molecule has 1 unspecified atom stereocenters. The summed E-state index contributed by atoms with van der Waals surface area (Å²) < 4.78 is 0. The summed E-state index contributed by atoms with van der Waals surface area (Å²) in [5.74, 6) is 0.259. The molecule has 1 N–H and O–H groups in total. The van der Waals surface area contributed by atoms with Gasteiger partial charge in [-0.1, -0.05) is 6.08 Å². The van der Waals surface area contributed by atoms with E-state index in [1.54, 1.807) is 0 Å². The molecule has 0 aromatic carbocycles. The quantitative estimate of drug-likeness (QED) is 0.547. The smallest absolute Gasteiger partial charge is 0.0511 e. The molecule has 9 heavy (non-hydrogen) atoms. The van der Waals surface area contributed by atoms with Crippen LogP contribution >= 0.6 is 0 Å². The van der Waals surface area contributed by atoms with E-state index >= 15 is 0 Å². The van der Waals surface area contributed by atoms with Crippen LogP contribution in [-0.4, -0.2) is 24.5 Å². The molecule has 1 aliphatic heterocycles. The minimum Gasteiger partial charge on any atom is -0.396 e. The topological polar surface area (TPSA) is 32.6 Å². The number of hydrogen-bond acceptors (Lipinski definition) is 2. The molecule has 0 fully saturated rings. The van der Waals surface area contributed by atoms with Crippen molar-refractivity contribution in [3.8, 4) is 0 Å². The number of hydrogen-bond donors (Lipinski definition) is 1. The highest BCUT2D eigenvalue weighted by Crippen LogP contribution is 2.06. The van der Waals surface area contributed by atoms with E-state index in [2.05, 4.69) is 4.99 Å². The molecular formula is C7H11NO. The number of aliphatic hydroxyl groups excluding tert-OH is 1. The Morgan fingerprint density at radius 2 is 2.67 bits per heavy atom. The predicted octanol–water partition coefficient (Wildman–Crippen LogP) is 0.626. The van der Waals surface area contributed by atoms with Crippen molar-refractivity contribution in [3.05, 3.63) is 11.6 Å². The Morgan fingerprint density at radius 3 is 3.11 bits per heavy atom. The zero-order valence-electron chi connectivity index (χ0n) is 5.54. The predicted molar refractivity (Wildman–Crippen MR) is 37.7 cm³/mol. The molecule has 1 atom stereocenters. The lowest BCUT2D eigenvalue weighted by Crippen LogP contribution is -2.10. The van der Waals surface area contributed by atoms with Gasteiger partial charge in [0.05, 0.1) is 6.61 Å². The Kier molecular flexibility index (Phi) is 2.01. The third kappa shape index (κ3) is 1.64. The van der Waals surface area contributed by atoms with Gasteiger partial charge in [-0.15, -0.1) is 0 Å². The van der Waals surface area contributed by atoms with Crippen LogP contribution in [0.2, 0.25) is 0 Å². The number of aliphatic hydroxyl groups is 1. The van der Waals surface area contributed by atoms with E-state index in [0.717, 1.165) is 12.1 Å². The van der Waals surface area contributed by atoms with Crippen LogP contribution in [-0.2, 0) is 0 Å². The second kappa shape index (κ2) is 2.78. The molecule has 0 aromatic rings. The molecule has 0 aliphatic carbocycles. The lowest BCUT2D eigenvalue weighted by Gasteiger charge is -2.10. The fourth-order valence-electron chi connectivity index (χ4n) is 0.910. The van der Waals surface area contributed by atoms with Crippen molar-refractivity contribution in [2.24, 2.45) is 10.9 Å². The number of dihydropyridines is 1. The van der Waals surface area contributed by atoms with Crippen molar-refractivity contribution in [1.82, 2.24) is 0 Å². The van der Waals surface area contributed by atoms with Crippen LogP contribution in [0.1, 0.15) is 6.92 Å². The summed E-state index contributed by atoms with van der Waals surface area (Å²) in [5.41, 5.74) is 1.15. The van der Waals surface area contributed by atoms with Gasteiger partial charge in [0, 0.05) is 18.7 Å². The molecule has 50 valence electrons. The summed E-state index contributed by atoms with van der Waals surface area (Å²) in [6.45, 7) is 2.95. The van der Waals surface area contributed by atoms with Crippen LogP contribution in [0.4, 0.5) is 0 Å². The lowest BCUT2D eigenvalue weighted by atomic mass is 10.1. The zero-order chi connectivity index (χ0) is 6.69. The number of aliphatic imine (C=N–C) groups is 1. The van der Waals surface area contributed by atoms with Crippen molar-refractivity contribution in [1.29, 1.82) is 0 Å². The molecule has 0 bridgehead atoms. The van der Waals surface area contributed by atoms with Gasteiger partial charge in [0.25, 0.3) is 0 Å². The highest BCUT2D eigenvalue weighted by atomic mass is 16.3. The van der Waals surface area contributed by atoms with Crippen molar-refractivity contribution < 1.29 is 5.11 Å². The van der Waals surface area contributed by atoms with Gasteiger partial charge >= 0.3 is 0 Å². The van der Waals surface area contributed by atoms with Gasteiger partial charge in [-0.25, -0.2) is 0 Å². The molecule has 2 heteroatoms. The van der Waals surface area contributed by atoms with Gasteiger partial charge in [-0.2, -0.15) is 0 Å². The van der Waals surface area contributed by atoms with Crippen molar-refractivity contribution in [3.63, 3.8) is 0 Å². The molecule has 0 radical (unpaired) electrons. The maximum atomic E-state index is 8.69. The van der Waals surface area contributed by atoms with Crippen LogP contribution < -0.4 is 0 Å². The van der Waals surface area contributed by atoms with Gasteiger partial charge in [-0.05, 0) is 12.5 Å². The summed E-state index contributed by atoms with van der Waals surface area (Å²) in [6.07, 6.45) is 3.89. The van der Waals surface area contributed by atoms with E-state index in [4.69, 9.17) is 5.11 Å². The number of allylic oxidation sites excluding steroid dienone is 1. The minimum atomic E-state index is 0.217. The van der Waals surface area contributed by atoms with Crippen molar-refractivity contribution in [2.45, 2.75) is 6.92 Å². The average molecular weight is 125 g/mol. The molecule has 1 heterocycles. The van der Waals surface area contributed by atoms with Gasteiger partial charge < -0.3 is 5.11 Å². The van der Waals surface area contributed by atoms with Gasteiger partial charge in [0.1, 0.15) is 0 Å². The van der Waals surface area contributed by atoms with Gasteiger partial charge in [0.2, 0.25) is 0 Å². The molecule has 0 aromatic heterocycles. The first-order valence-electron chi connectivity index (χ1n) is 3.12. The number of rotatable bonds is 1. The van der Waals surface area contributed by atoms with Crippen LogP contribution in [0.25, 0.3) is 0 Å². The van der Waals surface area contributed by atoms with Crippen molar-refractivity contribution in [2.75, 3.05) is 13.2 Å². The molecule has 1 aliphatic rings. The van der Waals surface area contributed by atoms with E-state index in [1.165, 1.54) is 0 Å². The third-order valence-electron chi connectivity index (χ3n) is 1.37. The molecule has 0 saturated carbocycles. The maximum Gasteiger partial charge on any atom is 0.0511 e. The first-order chi connectivity index (χ1) is 4.33. The Bertz CT molecular complexity index is 149. The van der Waals surface area contributed by atoms with Crippen molar-refractivity contribution >= 4 is 6.21 Å². The first kappa shape index (κ1) is 6.49. The SMILES string of the molecule is CC1=CC(CO)CN=C1. The molecule has 1 rings (SSSR count). The number of nitrogens with zero attached hydrogens (tertiary/aromatic N) is 1. The minimum absolute atomic E-state index is 0.217. The first-order valence-corrected chi connectivity index (χ1v) is 3.12.